The van der Waals surface area contributed by atoms with Gasteiger partial charge in [0.15, 0.2) is 0 Å². The van der Waals surface area contributed by atoms with Crippen molar-refractivity contribution in [3.8, 4) is 0 Å². The van der Waals surface area contributed by atoms with E-state index >= 15 is 0 Å². The zero-order valence-corrected chi connectivity index (χ0v) is 11.3. The fourth-order valence-electron chi connectivity index (χ4n) is 1.09. The van der Waals surface area contributed by atoms with Crippen LogP contribution in [0.15, 0.2) is 22.7 Å². The van der Waals surface area contributed by atoms with Crippen molar-refractivity contribution >= 4 is 39.1 Å². The first-order chi connectivity index (χ1) is 7.63. The zero-order valence-electron chi connectivity index (χ0n) is 8.93. The van der Waals surface area contributed by atoms with Crippen molar-refractivity contribution < 1.29 is 9.53 Å². The van der Waals surface area contributed by atoms with E-state index in [1.807, 2.05) is 6.92 Å². The molecule has 0 saturated heterocycles. The van der Waals surface area contributed by atoms with Gasteiger partial charge in [-0.2, -0.15) is 0 Å². The Morgan fingerprint density at radius 2 is 2.31 bits per heavy atom. The fraction of sp³-hybridized carbons (Fsp3) is 0.364. The molecule has 5 heteroatoms. The van der Waals surface area contributed by atoms with Crippen molar-refractivity contribution in [1.82, 2.24) is 0 Å². The number of benzene rings is 1. The molecule has 88 valence electrons. The standard InChI is InChI=1S/C11H13BrClNO2/c1-2-5-16-7-11(15)14-10-6-8(13)3-4-9(10)12/h3-4,6H,2,5,7H2,1H3,(H,14,15). The summed E-state index contributed by atoms with van der Waals surface area (Å²) >= 11 is 9.15. The summed E-state index contributed by atoms with van der Waals surface area (Å²) in [6.45, 7) is 2.64. The number of carbonyl (C=O) groups is 1. The van der Waals surface area contributed by atoms with E-state index in [1.54, 1.807) is 18.2 Å². The van der Waals surface area contributed by atoms with Crippen molar-refractivity contribution in [2.75, 3.05) is 18.5 Å². The molecule has 0 radical (unpaired) electrons. The van der Waals surface area contributed by atoms with Gasteiger partial charge in [-0.15, -0.1) is 0 Å². The van der Waals surface area contributed by atoms with Gasteiger partial charge in [-0.25, -0.2) is 0 Å². The molecule has 0 aliphatic carbocycles. The van der Waals surface area contributed by atoms with E-state index in [9.17, 15) is 4.79 Å². The van der Waals surface area contributed by atoms with Crippen LogP contribution in [0.2, 0.25) is 5.02 Å². The predicted molar refractivity (Wildman–Crippen MR) is 68.9 cm³/mol. The molecular weight excluding hydrogens is 293 g/mol. The molecule has 16 heavy (non-hydrogen) atoms. The van der Waals surface area contributed by atoms with Crippen LogP contribution >= 0.6 is 27.5 Å². The van der Waals surface area contributed by atoms with Crippen LogP contribution in [0.1, 0.15) is 13.3 Å². The maximum absolute atomic E-state index is 11.5. The van der Waals surface area contributed by atoms with Crippen molar-refractivity contribution in [2.45, 2.75) is 13.3 Å². The van der Waals surface area contributed by atoms with Gasteiger partial charge in [0.05, 0.1) is 5.69 Å². The predicted octanol–water partition coefficient (Wildman–Crippen LogP) is 3.47. The van der Waals surface area contributed by atoms with Crippen LogP contribution in [0.4, 0.5) is 5.69 Å². The number of amides is 1. The lowest BCUT2D eigenvalue weighted by molar-refractivity contribution is -0.120. The second-order valence-electron chi connectivity index (χ2n) is 3.22. The number of halogens is 2. The Kier molecular flexibility index (Phi) is 5.80. The molecule has 3 nitrogen and oxygen atoms in total. The number of carbonyl (C=O) groups excluding carboxylic acids is 1. The molecule has 0 aliphatic rings. The van der Waals surface area contributed by atoms with E-state index in [1.165, 1.54) is 0 Å². The number of anilines is 1. The smallest absolute Gasteiger partial charge is 0.250 e. The summed E-state index contributed by atoms with van der Waals surface area (Å²) in [5.41, 5.74) is 0.651. The lowest BCUT2D eigenvalue weighted by Gasteiger charge is -2.07. The van der Waals surface area contributed by atoms with Gasteiger partial charge in [-0.3, -0.25) is 4.79 Å². The number of nitrogens with one attached hydrogen (secondary N) is 1. The minimum absolute atomic E-state index is 0.0623. The molecule has 1 N–H and O–H groups in total. The third-order valence-electron chi connectivity index (χ3n) is 1.78. The molecule has 0 spiro atoms. The quantitative estimate of drug-likeness (QED) is 0.846. The van der Waals surface area contributed by atoms with Crippen LogP contribution in [0.5, 0.6) is 0 Å². The minimum atomic E-state index is -0.184. The second-order valence-corrected chi connectivity index (χ2v) is 4.52. The molecule has 1 rings (SSSR count). The maximum Gasteiger partial charge on any atom is 0.250 e. The molecule has 0 heterocycles. The molecular formula is C11H13BrClNO2. The highest BCUT2D eigenvalue weighted by Crippen LogP contribution is 2.25. The molecule has 0 bridgehead atoms. The molecule has 1 aromatic carbocycles. The normalized spacial score (nSPS) is 10.2. The summed E-state index contributed by atoms with van der Waals surface area (Å²) < 4.78 is 5.92. The third kappa shape index (κ3) is 4.51. The molecule has 1 amide bonds. The number of hydrogen-bond donors (Lipinski definition) is 1. The molecule has 0 aromatic heterocycles. The van der Waals surface area contributed by atoms with Crippen molar-refractivity contribution in [1.29, 1.82) is 0 Å². The Morgan fingerprint density at radius 3 is 3.00 bits per heavy atom. The summed E-state index contributed by atoms with van der Waals surface area (Å²) in [5, 5.41) is 3.29. The van der Waals surface area contributed by atoms with Gasteiger partial charge in [-0.05, 0) is 40.5 Å². The summed E-state index contributed by atoms with van der Waals surface area (Å²) in [6, 6.07) is 5.21. The van der Waals surface area contributed by atoms with E-state index < -0.39 is 0 Å². The van der Waals surface area contributed by atoms with E-state index in [0.29, 0.717) is 17.3 Å². The lowest BCUT2D eigenvalue weighted by Crippen LogP contribution is -2.18. The Hall–Kier alpha value is -0.580. The molecule has 0 unspecified atom stereocenters. The number of rotatable bonds is 5. The summed E-state index contributed by atoms with van der Waals surface area (Å²) in [5.74, 6) is -0.184. The lowest BCUT2D eigenvalue weighted by atomic mass is 10.3. The summed E-state index contributed by atoms with van der Waals surface area (Å²) in [4.78, 5) is 11.5. The number of ether oxygens (including phenoxy) is 1. The first kappa shape index (κ1) is 13.5. The van der Waals surface area contributed by atoms with Gasteiger partial charge < -0.3 is 10.1 Å². The largest absolute Gasteiger partial charge is 0.372 e. The van der Waals surface area contributed by atoms with E-state index in [4.69, 9.17) is 16.3 Å². The van der Waals surface area contributed by atoms with Crippen molar-refractivity contribution in [3.63, 3.8) is 0 Å². The van der Waals surface area contributed by atoms with Crippen LogP contribution in [0, 0.1) is 0 Å². The van der Waals surface area contributed by atoms with E-state index in [2.05, 4.69) is 21.2 Å². The fourth-order valence-corrected chi connectivity index (χ4v) is 1.61. The van der Waals surface area contributed by atoms with Gasteiger partial charge >= 0.3 is 0 Å². The van der Waals surface area contributed by atoms with Gasteiger partial charge in [0.1, 0.15) is 6.61 Å². The first-order valence-electron chi connectivity index (χ1n) is 4.96. The Morgan fingerprint density at radius 1 is 1.56 bits per heavy atom. The second kappa shape index (κ2) is 6.89. The SMILES string of the molecule is CCCOCC(=O)Nc1cc(Cl)ccc1Br. The molecule has 0 saturated carbocycles. The van der Waals surface area contributed by atoms with Gasteiger partial charge in [-0.1, -0.05) is 18.5 Å². The van der Waals surface area contributed by atoms with Crippen LogP contribution < -0.4 is 5.32 Å². The average Bonchev–Trinajstić information content (AvgIpc) is 2.24. The van der Waals surface area contributed by atoms with E-state index in [-0.39, 0.29) is 12.5 Å². The zero-order chi connectivity index (χ0) is 12.0. The molecule has 0 fully saturated rings. The van der Waals surface area contributed by atoms with Crippen LogP contribution in [-0.4, -0.2) is 19.1 Å². The van der Waals surface area contributed by atoms with Crippen LogP contribution in [-0.2, 0) is 9.53 Å². The van der Waals surface area contributed by atoms with Crippen LogP contribution in [0.3, 0.4) is 0 Å². The topological polar surface area (TPSA) is 38.3 Å². The minimum Gasteiger partial charge on any atom is -0.372 e. The van der Waals surface area contributed by atoms with Gasteiger partial charge in [0.2, 0.25) is 5.91 Å². The summed E-state index contributed by atoms with van der Waals surface area (Å²) in [7, 11) is 0. The highest BCUT2D eigenvalue weighted by atomic mass is 79.9. The molecule has 0 aliphatic heterocycles. The van der Waals surface area contributed by atoms with Crippen molar-refractivity contribution in [2.24, 2.45) is 0 Å². The van der Waals surface area contributed by atoms with Crippen LogP contribution in [0.25, 0.3) is 0 Å². The Labute approximate surface area is 108 Å². The van der Waals surface area contributed by atoms with Crippen molar-refractivity contribution in [3.05, 3.63) is 27.7 Å². The first-order valence-corrected chi connectivity index (χ1v) is 6.13. The van der Waals surface area contributed by atoms with Gasteiger partial charge in [0.25, 0.3) is 0 Å². The molecule has 0 atom stereocenters. The molecule has 1 aromatic rings. The monoisotopic (exact) mass is 305 g/mol. The maximum atomic E-state index is 11.5. The Bertz CT molecular complexity index is 371. The Balaban J connectivity index is 2.52. The average molecular weight is 307 g/mol. The van der Waals surface area contributed by atoms with Gasteiger partial charge in [0, 0.05) is 16.1 Å². The number of hydrogen-bond acceptors (Lipinski definition) is 2. The highest BCUT2D eigenvalue weighted by molar-refractivity contribution is 9.10. The third-order valence-corrected chi connectivity index (χ3v) is 2.71. The van der Waals surface area contributed by atoms with E-state index in [0.717, 1.165) is 10.9 Å². The summed E-state index contributed by atoms with van der Waals surface area (Å²) in [6.07, 6.45) is 0.897. The highest BCUT2D eigenvalue weighted by Gasteiger charge is 2.06.